The molecule has 1 heterocycles. The SMILES string of the molecule is C.CC.CC(C)C.CC(C)N1C=CNC1.[B]. The van der Waals surface area contributed by atoms with Crippen LogP contribution in [0.5, 0.6) is 0 Å². The Labute approximate surface area is 106 Å². The van der Waals surface area contributed by atoms with Gasteiger partial charge < -0.3 is 10.2 Å². The molecule has 0 unspecified atom stereocenters. The third kappa shape index (κ3) is 19.1. The zero-order valence-corrected chi connectivity index (χ0v) is 11.5. The minimum atomic E-state index is 0. The Morgan fingerprint density at radius 2 is 1.44 bits per heavy atom. The van der Waals surface area contributed by atoms with Crippen LogP contribution in [-0.2, 0) is 0 Å². The van der Waals surface area contributed by atoms with Gasteiger partial charge in [0.25, 0.3) is 0 Å². The average molecular weight is 227 g/mol. The normalized spacial score (nSPS) is 11.4. The largest absolute Gasteiger partial charge is 0.373 e. The highest BCUT2D eigenvalue weighted by Crippen LogP contribution is 1.99. The van der Waals surface area contributed by atoms with Crippen molar-refractivity contribution < 1.29 is 0 Å². The maximum absolute atomic E-state index is 3.10. The van der Waals surface area contributed by atoms with Gasteiger partial charge in [0.1, 0.15) is 0 Å². The van der Waals surface area contributed by atoms with Crippen molar-refractivity contribution in [1.82, 2.24) is 10.2 Å². The fraction of sp³-hybridized carbons (Fsp3) is 0.846. The van der Waals surface area contributed by atoms with Crippen molar-refractivity contribution in [2.24, 2.45) is 5.92 Å². The Morgan fingerprint density at radius 1 is 1.06 bits per heavy atom. The van der Waals surface area contributed by atoms with Crippen molar-refractivity contribution in [3.8, 4) is 0 Å². The van der Waals surface area contributed by atoms with Gasteiger partial charge in [-0.25, -0.2) is 0 Å². The van der Waals surface area contributed by atoms with Gasteiger partial charge in [-0.1, -0.05) is 42.0 Å². The van der Waals surface area contributed by atoms with E-state index in [0.717, 1.165) is 12.6 Å². The number of nitrogens with zero attached hydrogens (tertiary/aromatic N) is 1. The van der Waals surface area contributed by atoms with Gasteiger partial charge in [0.2, 0.25) is 0 Å². The first-order valence-electron chi connectivity index (χ1n) is 5.69. The van der Waals surface area contributed by atoms with Gasteiger partial charge in [-0.2, -0.15) is 0 Å². The molecular formula is C13H32BN2. The molecule has 3 heteroatoms. The molecule has 1 aliphatic rings. The van der Waals surface area contributed by atoms with Crippen LogP contribution >= 0.6 is 0 Å². The molecule has 0 spiro atoms. The molecule has 0 aliphatic carbocycles. The van der Waals surface area contributed by atoms with Crippen LogP contribution in [0.4, 0.5) is 0 Å². The zero-order chi connectivity index (χ0) is 11.6. The molecule has 0 aromatic carbocycles. The van der Waals surface area contributed by atoms with E-state index in [-0.39, 0.29) is 15.8 Å². The molecule has 0 saturated heterocycles. The Morgan fingerprint density at radius 3 is 1.56 bits per heavy atom. The van der Waals surface area contributed by atoms with Crippen molar-refractivity contribution in [3.63, 3.8) is 0 Å². The molecule has 0 atom stereocenters. The summed E-state index contributed by atoms with van der Waals surface area (Å²) in [7, 11) is 0. The van der Waals surface area contributed by atoms with Crippen LogP contribution in [0.2, 0.25) is 0 Å². The first-order valence-corrected chi connectivity index (χ1v) is 5.69. The molecule has 3 radical (unpaired) electrons. The molecule has 1 aliphatic heterocycles. The topological polar surface area (TPSA) is 15.3 Å². The van der Waals surface area contributed by atoms with Gasteiger partial charge in [-0.3, -0.25) is 0 Å². The Bertz CT molecular complexity index is 131. The molecule has 2 nitrogen and oxygen atoms in total. The van der Waals surface area contributed by atoms with E-state index >= 15 is 0 Å². The van der Waals surface area contributed by atoms with Gasteiger partial charge in [0.15, 0.2) is 0 Å². The lowest BCUT2D eigenvalue weighted by Gasteiger charge is -2.18. The lowest BCUT2D eigenvalue weighted by atomic mass is 10.3. The minimum Gasteiger partial charge on any atom is -0.373 e. The van der Waals surface area contributed by atoms with E-state index in [9.17, 15) is 0 Å². The molecule has 0 bridgehead atoms. The lowest BCUT2D eigenvalue weighted by Crippen LogP contribution is -2.27. The molecule has 0 amide bonds. The molecule has 0 aromatic heterocycles. The summed E-state index contributed by atoms with van der Waals surface area (Å²) in [6.45, 7) is 15.8. The van der Waals surface area contributed by atoms with E-state index in [1.165, 1.54) is 0 Å². The maximum atomic E-state index is 3.10. The summed E-state index contributed by atoms with van der Waals surface area (Å²) in [5.74, 6) is 0.833. The average Bonchev–Trinajstić information content (AvgIpc) is 2.58. The van der Waals surface area contributed by atoms with Crippen molar-refractivity contribution >= 4 is 8.41 Å². The summed E-state index contributed by atoms with van der Waals surface area (Å²) in [4.78, 5) is 2.24. The third-order valence-corrected chi connectivity index (χ3v) is 1.32. The summed E-state index contributed by atoms with van der Waals surface area (Å²) in [5.41, 5.74) is 0. The fourth-order valence-electron chi connectivity index (χ4n) is 0.714. The number of hydrogen-bond acceptors (Lipinski definition) is 2. The second-order valence-corrected chi connectivity index (χ2v) is 4.02. The molecule has 0 saturated carbocycles. The van der Waals surface area contributed by atoms with Crippen LogP contribution < -0.4 is 5.32 Å². The summed E-state index contributed by atoms with van der Waals surface area (Å²) in [6.07, 6.45) is 4.05. The van der Waals surface area contributed by atoms with Crippen molar-refractivity contribution in [3.05, 3.63) is 12.4 Å². The van der Waals surface area contributed by atoms with Gasteiger partial charge in [-0.05, 0) is 19.8 Å². The first kappa shape index (κ1) is 24.6. The van der Waals surface area contributed by atoms with E-state index < -0.39 is 0 Å². The van der Waals surface area contributed by atoms with Gasteiger partial charge in [-0.15, -0.1) is 0 Å². The highest BCUT2D eigenvalue weighted by Gasteiger charge is 2.04. The highest BCUT2D eigenvalue weighted by molar-refractivity contribution is 5.75. The van der Waals surface area contributed by atoms with Gasteiger partial charge in [0, 0.05) is 26.9 Å². The van der Waals surface area contributed by atoms with E-state index in [1.807, 2.05) is 20.0 Å². The van der Waals surface area contributed by atoms with E-state index in [2.05, 4.69) is 51.0 Å². The van der Waals surface area contributed by atoms with Gasteiger partial charge >= 0.3 is 0 Å². The van der Waals surface area contributed by atoms with E-state index in [0.29, 0.717) is 6.04 Å². The monoisotopic (exact) mass is 227 g/mol. The van der Waals surface area contributed by atoms with Crippen LogP contribution in [0, 0.1) is 5.92 Å². The molecule has 1 N–H and O–H groups in total. The van der Waals surface area contributed by atoms with Crippen molar-refractivity contribution in [2.75, 3.05) is 6.67 Å². The quantitative estimate of drug-likeness (QED) is 0.687. The summed E-state index contributed by atoms with van der Waals surface area (Å²) in [6, 6.07) is 0.626. The Balaban J connectivity index is -0.0000000793. The van der Waals surface area contributed by atoms with Crippen LogP contribution in [0.1, 0.15) is 55.9 Å². The predicted octanol–water partition coefficient (Wildman–Crippen LogP) is 3.67. The summed E-state index contributed by atoms with van der Waals surface area (Å²) in [5, 5.41) is 3.10. The molecule has 97 valence electrons. The van der Waals surface area contributed by atoms with Crippen LogP contribution in [0.15, 0.2) is 12.4 Å². The smallest absolute Gasteiger partial charge is 0.0870 e. The second kappa shape index (κ2) is 16.8. The van der Waals surface area contributed by atoms with E-state index in [1.54, 1.807) is 0 Å². The minimum absolute atomic E-state index is 0. The second-order valence-electron chi connectivity index (χ2n) is 4.02. The highest BCUT2D eigenvalue weighted by atomic mass is 15.3. The fourth-order valence-corrected chi connectivity index (χ4v) is 0.714. The van der Waals surface area contributed by atoms with Crippen molar-refractivity contribution in [2.45, 2.75) is 61.9 Å². The number of nitrogens with one attached hydrogen (secondary N) is 1. The molecule has 0 fully saturated rings. The first-order chi connectivity index (χ1) is 6.54. The van der Waals surface area contributed by atoms with Crippen LogP contribution in [-0.4, -0.2) is 26.0 Å². The number of rotatable bonds is 1. The predicted molar refractivity (Wildman–Crippen MR) is 78.5 cm³/mol. The lowest BCUT2D eigenvalue weighted by molar-refractivity contribution is 0.324. The molecule has 0 aromatic rings. The molecule has 16 heavy (non-hydrogen) atoms. The number of hydrogen-bond donors (Lipinski definition) is 1. The van der Waals surface area contributed by atoms with Crippen LogP contribution in [0.3, 0.4) is 0 Å². The van der Waals surface area contributed by atoms with Gasteiger partial charge in [0.05, 0.1) is 6.67 Å². The third-order valence-electron chi connectivity index (χ3n) is 1.32. The molecular weight excluding hydrogens is 195 g/mol. The summed E-state index contributed by atoms with van der Waals surface area (Å²) < 4.78 is 0. The van der Waals surface area contributed by atoms with E-state index in [4.69, 9.17) is 0 Å². The van der Waals surface area contributed by atoms with Crippen LogP contribution in [0.25, 0.3) is 0 Å². The Hall–Kier alpha value is -0.595. The summed E-state index contributed by atoms with van der Waals surface area (Å²) >= 11 is 0. The standard InChI is InChI=1S/C6H12N2.C4H10.C2H6.CH4.B/c1-6(2)8-4-3-7-5-8;1-4(2)3;1-2;;/h3-4,6-7H,5H2,1-2H3;4H,1-3H3;1-2H3;1H4;. The zero-order valence-electron chi connectivity index (χ0n) is 11.5. The maximum Gasteiger partial charge on any atom is 0.0870 e. The van der Waals surface area contributed by atoms with Crippen molar-refractivity contribution in [1.29, 1.82) is 0 Å². The Kier molecular flexibility index (Phi) is 25.8. The molecule has 1 rings (SSSR count).